The Hall–Kier alpha value is -2.25. The van der Waals surface area contributed by atoms with Crippen molar-refractivity contribution in [3.8, 4) is 0 Å². The first kappa shape index (κ1) is 12.8. The van der Waals surface area contributed by atoms with Crippen molar-refractivity contribution >= 4 is 17.4 Å². The maximum atomic E-state index is 11.7. The monoisotopic (exact) mass is 276 g/mol. The minimum absolute atomic E-state index is 0.379. The van der Waals surface area contributed by atoms with Gasteiger partial charge in [0.15, 0.2) is 5.65 Å². The van der Waals surface area contributed by atoms with Crippen molar-refractivity contribution in [2.45, 2.75) is 38.1 Å². The van der Waals surface area contributed by atoms with Crippen molar-refractivity contribution < 1.29 is 9.90 Å². The number of carboxylic acids is 1. The van der Waals surface area contributed by atoms with Gasteiger partial charge in [-0.1, -0.05) is 19.8 Å². The van der Waals surface area contributed by atoms with Crippen LogP contribution < -0.4 is 5.32 Å². The Bertz CT molecular complexity index is 642. The average Bonchev–Trinajstić information content (AvgIpc) is 2.86. The minimum Gasteiger partial charge on any atom is -0.480 e. The molecule has 106 valence electrons. The Labute approximate surface area is 115 Å². The first-order valence-electron chi connectivity index (χ1n) is 6.66. The van der Waals surface area contributed by atoms with Crippen LogP contribution in [0.1, 0.15) is 32.6 Å². The van der Waals surface area contributed by atoms with E-state index >= 15 is 0 Å². The average molecular weight is 276 g/mol. The highest BCUT2D eigenvalue weighted by Crippen LogP contribution is 2.34. The van der Waals surface area contributed by atoms with Crippen LogP contribution in [0, 0.1) is 5.92 Å². The van der Waals surface area contributed by atoms with Gasteiger partial charge in [0, 0.05) is 0 Å². The number of hydrogen-bond donors (Lipinski definition) is 2. The van der Waals surface area contributed by atoms with E-state index in [2.05, 4.69) is 32.9 Å². The zero-order chi connectivity index (χ0) is 14.2. The van der Waals surface area contributed by atoms with Crippen LogP contribution in [0.25, 0.3) is 5.65 Å². The summed E-state index contributed by atoms with van der Waals surface area (Å²) in [6.07, 6.45) is 3.16. The van der Waals surface area contributed by atoms with E-state index in [0.717, 1.165) is 12.8 Å². The molecule has 1 aliphatic rings. The molecule has 0 radical (unpaired) electrons. The molecule has 8 nitrogen and oxygen atoms in total. The largest absolute Gasteiger partial charge is 0.480 e. The molecule has 0 aliphatic heterocycles. The summed E-state index contributed by atoms with van der Waals surface area (Å²) in [6.45, 7) is 2.08. The molecule has 2 heterocycles. The van der Waals surface area contributed by atoms with Crippen LogP contribution in [-0.4, -0.2) is 41.9 Å². The SMILES string of the molecule is CC1CCCC(Nc2ccc3nnnn3n2)(C(=O)O)C1. The van der Waals surface area contributed by atoms with Gasteiger partial charge in [-0.2, -0.15) is 0 Å². The van der Waals surface area contributed by atoms with Crippen molar-refractivity contribution in [2.24, 2.45) is 5.92 Å². The topological polar surface area (TPSA) is 105 Å². The fraction of sp³-hybridized carbons (Fsp3) is 0.583. The van der Waals surface area contributed by atoms with E-state index < -0.39 is 11.5 Å². The predicted octanol–water partition coefficient (Wildman–Crippen LogP) is 0.965. The molecule has 0 spiro atoms. The molecule has 2 unspecified atom stereocenters. The highest BCUT2D eigenvalue weighted by Gasteiger charge is 2.42. The summed E-state index contributed by atoms with van der Waals surface area (Å²) in [5.74, 6) is 0.0214. The Morgan fingerprint density at radius 1 is 1.55 bits per heavy atom. The lowest BCUT2D eigenvalue weighted by Crippen LogP contribution is -2.49. The number of aromatic nitrogens is 5. The standard InChI is InChI=1S/C12H16N6O2/c1-8-3-2-6-12(7-8,11(19)20)13-9-4-5-10-14-16-17-18(10)15-9/h4-5,8H,2-3,6-7H2,1H3,(H,13,15)(H,19,20). The van der Waals surface area contributed by atoms with E-state index in [-0.39, 0.29) is 0 Å². The van der Waals surface area contributed by atoms with Crippen molar-refractivity contribution in [1.29, 1.82) is 0 Å². The second-order valence-electron chi connectivity index (χ2n) is 5.46. The van der Waals surface area contributed by atoms with Gasteiger partial charge in [0.2, 0.25) is 0 Å². The highest BCUT2D eigenvalue weighted by atomic mass is 16.4. The van der Waals surface area contributed by atoms with E-state index in [0.29, 0.717) is 30.2 Å². The molecule has 2 atom stereocenters. The fourth-order valence-electron chi connectivity index (χ4n) is 2.87. The highest BCUT2D eigenvalue weighted by molar-refractivity contribution is 5.82. The normalized spacial score (nSPS) is 26.6. The van der Waals surface area contributed by atoms with Crippen molar-refractivity contribution in [2.75, 3.05) is 5.32 Å². The molecule has 1 aliphatic carbocycles. The van der Waals surface area contributed by atoms with Crippen LogP contribution >= 0.6 is 0 Å². The predicted molar refractivity (Wildman–Crippen MR) is 70.2 cm³/mol. The van der Waals surface area contributed by atoms with Gasteiger partial charge in [0.1, 0.15) is 11.4 Å². The van der Waals surface area contributed by atoms with Crippen molar-refractivity contribution in [3.05, 3.63) is 12.1 Å². The van der Waals surface area contributed by atoms with Gasteiger partial charge < -0.3 is 10.4 Å². The van der Waals surface area contributed by atoms with Crippen LogP contribution in [0.5, 0.6) is 0 Å². The number of nitrogens with zero attached hydrogens (tertiary/aromatic N) is 5. The third kappa shape index (κ3) is 2.17. The number of anilines is 1. The second-order valence-corrected chi connectivity index (χ2v) is 5.46. The van der Waals surface area contributed by atoms with E-state index in [4.69, 9.17) is 0 Å². The lowest BCUT2D eigenvalue weighted by atomic mass is 9.76. The number of fused-ring (bicyclic) bond motifs is 1. The van der Waals surface area contributed by atoms with E-state index in [1.165, 1.54) is 4.63 Å². The summed E-state index contributed by atoms with van der Waals surface area (Å²) in [7, 11) is 0. The van der Waals surface area contributed by atoms with Gasteiger partial charge in [-0.05, 0) is 41.3 Å². The number of tetrazole rings is 1. The maximum Gasteiger partial charge on any atom is 0.329 e. The first-order valence-corrected chi connectivity index (χ1v) is 6.66. The van der Waals surface area contributed by atoms with Crippen LogP contribution in [0.3, 0.4) is 0 Å². The molecular formula is C12H16N6O2. The summed E-state index contributed by atoms with van der Waals surface area (Å²) in [5.41, 5.74) is -0.427. The summed E-state index contributed by atoms with van der Waals surface area (Å²) in [5, 5.41) is 27.9. The molecule has 20 heavy (non-hydrogen) atoms. The molecular weight excluding hydrogens is 260 g/mol. The molecule has 0 saturated heterocycles. The minimum atomic E-state index is -0.952. The lowest BCUT2D eigenvalue weighted by molar-refractivity contribution is -0.144. The fourth-order valence-corrected chi connectivity index (χ4v) is 2.87. The Kier molecular flexibility index (Phi) is 3.00. The van der Waals surface area contributed by atoms with Crippen LogP contribution in [0.4, 0.5) is 5.82 Å². The quantitative estimate of drug-likeness (QED) is 0.860. The lowest BCUT2D eigenvalue weighted by Gasteiger charge is -2.37. The number of hydrogen-bond acceptors (Lipinski definition) is 6. The molecule has 0 amide bonds. The molecule has 0 bridgehead atoms. The molecule has 2 aromatic rings. The third-order valence-corrected chi connectivity index (χ3v) is 3.84. The number of carbonyl (C=O) groups is 1. The zero-order valence-electron chi connectivity index (χ0n) is 11.2. The Morgan fingerprint density at radius 3 is 3.15 bits per heavy atom. The van der Waals surface area contributed by atoms with Gasteiger partial charge in [0.05, 0.1) is 0 Å². The molecule has 3 rings (SSSR count). The smallest absolute Gasteiger partial charge is 0.329 e. The summed E-state index contributed by atoms with van der Waals surface area (Å²) < 4.78 is 1.28. The second kappa shape index (κ2) is 4.69. The number of rotatable bonds is 3. The van der Waals surface area contributed by atoms with Crippen LogP contribution in [0.15, 0.2) is 12.1 Å². The van der Waals surface area contributed by atoms with Crippen molar-refractivity contribution in [1.82, 2.24) is 25.3 Å². The van der Waals surface area contributed by atoms with Gasteiger partial charge in [-0.15, -0.1) is 14.8 Å². The Balaban J connectivity index is 1.90. The zero-order valence-corrected chi connectivity index (χ0v) is 11.2. The van der Waals surface area contributed by atoms with Gasteiger partial charge in [-0.3, -0.25) is 0 Å². The third-order valence-electron chi connectivity index (χ3n) is 3.84. The summed E-state index contributed by atoms with van der Waals surface area (Å²) >= 11 is 0. The summed E-state index contributed by atoms with van der Waals surface area (Å²) in [4.78, 5) is 11.7. The van der Waals surface area contributed by atoms with Crippen molar-refractivity contribution in [3.63, 3.8) is 0 Å². The van der Waals surface area contributed by atoms with E-state index in [1.807, 2.05) is 0 Å². The maximum absolute atomic E-state index is 11.7. The first-order chi connectivity index (χ1) is 9.59. The van der Waals surface area contributed by atoms with Crippen LogP contribution in [-0.2, 0) is 4.79 Å². The van der Waals surface area contributed by atoms with Gasteiger partial charge in [0.25, 0.3) is 0 Å². The molecule has 1 fully saturated rings. The molecule has 2 N–H and O–H groups in total. The van der Waals surface area contributed by atoms with Crippen LogP contribution in [0.2, 0.25) is 0 Å². The Morgan fingerprint density at radius 2 is 2.40 bits per heavy atom. The number of aliphatic carboxylic acids is 1. The molecule has 0 aromatic carbocycles. The number of nitrogens with one attached hydrogen (secondary N) is 1. The number of carboxylic acid groups (broad SMARTS) is 1. The molecule has 1 saturated carbocycles. The van der Waals surface area contributed by atoms with E-state index in [9.17, 15) is 9.90 Å². The summed E-state index contributed by atoms with van der Waals surface area (Å²) in [6, 6.07) is 3.41. The van der Waals surface area contributed by atoms with Gasteiger partial charge in [-0.25, -0.2) is 4.79 Å². The molecule has 8 heteroatoms. The molecule has 2 aromatic heterocycles. The van der Waals surface area contributed by atoms with E-state index in [1.54, 1.807) is 12.1 Å². The van der Waals surface area contributed by atoms with Gasteiger partial charge >= 0.3 is 5.97 Å².